The van der Waals surface area contributed by atoms with E-state index in [0.29, 0.717) is 0 Å². The summed E-state index contributed by atoms with van der Waals surface area (Å²) in [5.41, 5.74) is 5.88. The van der Waals surface area contributed by atoms with Gasteiger partial charge in [-0.1, -0.05) is 12.1 Å². The highest BCUT2D eigenvalue weighted by Gasteiger charge is 2.18. The van der Waals surface area contributed by atoms with Crippen LogP contribution in [-0.2, 0) is 9.59 Å². The van der Waals surface area contributed by atoms with Crippen LogP contribution in [0, 0.1) is 0 Å². The Morgan fingerprint density at radius 3 is 2.47 bits per heavy atom. The van der Waals surface area contributed by atoms with Gasteiger partial charge in [-0.25, -0.2) is 0 Å². The molecule has 7 nitrogen and oxygen atoms in total. The van der Waals surface area contributed by atoms with Crippen LogP contribution >= 0.6 is 0 Å². The van der Waals surface area contributed by atoms with Crippen LogP contribution < -0.4 is 16.4 Å². The number of nitrogen functional groups attached to an aromatic ring is 1. The maximum absolute atomic E-state index is 11.7. The number of imide groups is 1. The van der Waals surface area contributed by atoms with Crippen molar-refractivity contribution in [1.29, 1.82) is 0 Å². The third kappa shape index (κ3) is 4.40. The van der Waals surface area contributed by atoms with Crippen LogP contribution in [0.2, 0.25) is 0 Å². The minimum Gasteiger partial charge on any atom is -0.398 e. The smallest absolute Gasteiger partial charge is 0.316 e. The van der Waals surface area contributed by atoms with Crippen LogP contribution in [0.5, 0.6) is 0 Å². The van der Waals surface area contributed by atoms with Gasteiger partial charge < -0.3 is 16.2 Å². The third-order valence-electron chi connectivity index (χ3n) is 2.20. The van der Waals surface area contributed by atoms with Crippen LogP contribution in [0.4, 0.5) is 5.69 Å². The molecule has 1 unspecified atom stereocenters. The first-order chi connectivity index (χ1) is 8.91. The Hall–Kier alpha value is -2.41. The standard InChI is InChI=1S/C12H15N3O4/c1-7(16)6-14-11(18)12(19)15-10(17)8-4-2-3-5-9(8)13/h2-5,7,16H,6,13H2,1H3,(H,14,18)(H,15,17,19). The van der Waals surface area contributed by atoms with Crippen molar-refractivity contribution in [3.63, 3.8) is 0 Å². The number of carbonyl (C=O) groups excluding carboxylic acids is 3. The molecule has 0 aromatic heterocycles. The van der Waals surface area contributed by atoms with Crippen molar-refractivity contribution in [2.45, 2.75) is 13.0 Å². The molecule has 0 saturated carbocycles. The van der Waals surface area contributed by atoms with Crippen molar-refractivity contribution in [3.8, 4) is 0 Å². The molecular weight excluding hydrogens is 250 g/mol. The van der Waals surface area contributed by atoms with Gasteiger partial charge in [0.2, 0.25) is 0 Å². The number of benzene rings is 1. The minimum absolute atomic E-state index is 0.0755. The van der Waals surface area contributed by atoms with Crippen LogP contribution in [0.15, 0.2) is 24.3 Å². The molecule has 0 spiro atoms. The fraction of sp³-hybridized carbons (Fsp3) is 0.250. The summed E-state index contributed by atoms with van der Waals surface area (Å²) in [5, 5.41) is 13.0. The first-order valence-electron chi connectivity index (χ1n) is 5.58. The molecule has 102 valence electrons. The quantitative estimate of drug-likeness (QED) is 0.413. The van der Waals surface area contributed by atoms with Gasteiger partial charge in [0, 0.05) is 12.2 Å². The van der Waals surface area contributed by atoms with Crippen molar-refractivity contribution in [3.05, 3.63) is 29.8 Å². The van der Waals surface area contributed by atoms with Gasteiger partial charge in [0.25, 0.3) is 5.91 Å². The van der Waals surface area contributed by atoms with Gasteiger partial charge >= 0.3 is 11.8 Å². The van der Waals surface area contributed by atoms with Gasteiger partial charge in [0.1, 0.15) is 0 Å². The van der Waals surface area contributed by atoms with Gasteiger partial charge in [0.15, 0.2) is 0 Å². The zero-order chi connectivity index (χ0) is 14.4. The summed E-state index contributed by atoms with van der Waals surface area (Å²) in [6.45, 7) is 1.38. The molecule has 7 heteroatoms. The van der Waals surface area contributed by atoms with Crippen molar-refractivity contribution in [2.75, 3.05) is 12.3 Å². The number of aliphatic hydroxyl groups excluding tert-OH is 1. The molecule has 19 heavy (non-hydrogen) atoms. The van der Waals surface area contributed by atoms with E-state index in [9.17, 15) is 14.4 Å². The molecule has 0 aliphatic rings. The number of para-hydroxylation sites is 1. The highest BCUT2D eigenvalue weighted by molar-refractivity contribution is 6.38. The lowest BCUT2D eigenvalue weighted by atomic mass is 10.1. The maximum atomic E-state index is 11.7. The minimum atomic E-state index is -1.10. The number of aliphatic hydroxyl groups is 1. The number of anilines is 1. The summed E-state index contributed by atoms with van der Waals surface area (Å²) < 4.78 is 0. The summed E-state index contributed by atoms with van der Waals surface area (Å²) >= 11 is 0. The first-order valence-corrected chi connectivity index (χ1v) is 5.58. The Labute approximate surface area is 109 Å². The van der Waals surface area contributed by atoms with E-state index in [4.69, 9.17) is 10.8 Å². The number of nitrogens with two attached hydrogens (primary N) is 1. The van der Waals surface area contributed by atoms with Crippen molar-refractivity contribution in [2.24, 2.45) is 0 Å². The molecule has 0 radical (unpaired) electrons. The highest BCUT2D eigenvalue weighted by Crippen LogP contribution is 2.09. The summed E-state index contributed by atoms with van der Waals surface area (Å²) in [4.78, 5) is 34.3. The average molecular weight is 265 g/mol. The van der Waals surface area contributed by atoms with E-state index >= 15 is 0 Å². The predicted molar refractivity (Wildman–Crippen MR) is 68.0 cm³/mol. The number of hydrogen-bond donors (Lipinski definition) is 4. The molecule has 0 aliphatic heterocycles. The molecule has 3 amide bonds. The monoisotopic (exact) mass is 265 g/mol. The average Bonchev–Trinajstić information content (AvgIpc) is 2.36. The zero-order valence-corrected chi connectivity index (χ0v) is 10.3. The summed E-state index contributed by atoms with van der Waals surface area (Å²) in [5.74, 6) is -2.85. The van der Waals surface area contributed by atoms with E-state index in [-0.39, 0.29) is 17.8 Å². The Morgan fingerprint density at radius 2 is 1.89 bits per heavy atom. The number of rotatable bonds is 3. The second-order valence-corrected chi connectivity index (χ2v) is 3.93. The maximum Gasteiger partial charge on any atom is 0.316 e. The van der Waals surface area contributed by atoms with Crippen molar-refractivity contribution < 1.29 is 19.5 Å². The lowest BCUT2D eigenvalue weighted by Gasteiger charge is -2.08. The molecule has 1 aromatic carbocycles. The van der Waals surface area contributed by atoms with Gasteiger partial charge in [-0.3, -0.25) is 19.7 Å². The van der Waals surface area contributed by atoms with Crippen LogP contribution in [-0.4, -0.2) is 35.5 Å². The Bertz CT molecular complexity index is 500. The summed E-state index contributed by atoms with van der Waals surface area (Å²) in [6.07, 6.45) is -0.780. The van der Waals surface area contributed by atoms with Crippen LogP contribution in [0.25, 0.3) is 0 Å². The molecular formula is C12H15N3O4. The Kier molecular flexibility index (Phi) is 5.01. The number of hydrogen-bond acceptors (Lipinski definition) is 5. The normalized spacial score (nSPS) is 11.5. The second-order valence-electron chi connectivity index (χ2n) is 3.93. The van der Waals surface area contributed by atoms with Crippen LogP contribution in [0.1, 0.15) is 17.3 Å². The molecule has 0 heterocycles. The number of nitrogens with one attached hydrogen (secondary N) is 2. The van der Waals surface area contributed by atoms with E-state index in [2.05, 4.69) is 5.32 Å². The highest BCUT2D eigenvalue weighted by atomic mass is 16.3. The first kappa shape index (κ1) is 14.7. The Balaban J connectivity index is 2.60. The van der Waals surface area contributed by atoms with Crippen molar-refractivity contribution >= 4 is 23.4 Å². The van der Waals surface area contributed by atoms with E-state index < -0.39 is 23.8 Å². The SMILES string of the molecule is CC(O)CNC(=O)C(=O)NC(=O)c1ccccc1N. The number of carbonyl (C=O) groups is 3. The van der Waals surface area contributed by atoms with Crippen LogP contribution in [0.3, 0.4) is 0 Å². The van der Waals surface area contributed by atoms with E-state index in [1.54, 1.807) is 12.1 Å². The fourth-order valence-corrected chi connectivity index (χ4v) is 1.25. The fourth-order valence-electron chi connectivity index (χ4n) is 1.25. The molecule has 5 N–H and O–H groups in total. The predicted octanol–water partition coefficient (Wildman–Crippen LogP) is -0.978. The van der Waals surface area contributed by atoms with E-state index in [1.807, 2.05) is 5.32 Å². The van der Waals surface area contributed by atoms with Crippen molar-refractivity contribution in [1.82, 2.24) is 10.6 Å². The van der Waals surface area contributed by atoms with Gasteiger partial charge in [-0.2, -0.15) is 0 Å². The molecule has 1 aromatic rings. The number of amides is 3. The summed E-state index contributed by atoms with van der Waals surface area (Å²) in [6, 6.07) is 6.17. The topological polar surface area (TPSA) is 122 Å². The van der Waals surface area contributed by atoms with Gasteiger partial charge in [-0.15, -0.1) is 0 Å². The second kappa shape index (κ2) is 6.50. The molecule has 0 aliphatic carbocycles. The molecule has 0 fully saturated rings. The molecule has 0 saturated heterocycles. The Morgan fingerprint density at radius 1 is 1.26 bits per heavy atom. The summed E-state index contributed by atoms with van der Waals surface area (Å²) in [7, 11) is 0. The lowest BCUT2D eigenvalue weighted by molar-refractivity contribution is -0.138. The van der Waals surface area contributed by atoms with Gasteiger partial charge in [-0.05, 0) is 19.1 Å². The van der Waals surface area contributed by atoms with E-state index in [0.717, 1.165) is 0 Å². The third-order valence-corrected chi connectivity index (χ3v) is 2.20. The largest absolute Gasteiger partial charge is 0.398 e. The molecule has 1 atom stereocenters. The van der Waals surface area contributed by atoms with Gasteiger partial charge in [0.05, 0.1) is 11.7 Å². The molecule has 0 bridgehead atoms. The lowest BCUT2D eigenvalue weighted by Crippen LogP contribution is -2.44. The molecule has 1 rings (SSSR count). The zero-order valence-electron chi connectivity index (χ0n) is 10.3. The van der Waals surface area contributed by atoms with E-state index in [1.165, 1.54) is 19.1 Å².